The molecule has 0 spiro atoms. The second-order valence-corrected chi connectivity index (χ2v) is 5.50. The Labute approximate surface area is 108 Å². The Bertz CT molecular complexity index is 594. The van der Waals surface area contributed by atoms with E-state index in [1.165, 1.54) is 17.9 Å². The van der Waals surface area contributed by atoms with Gasteiger partial charge in [0, 0.05) is 5.54 Å². The molecule has 0 amide bonds. The molecule has 0 bridgehead atoms. The zero-order valence-electron chi connectivity index (χ0n) is 10.4. The van der Waals surface area contributed by atoms with Crippen LogP contribution in [-0.4, -0.2) is 31.0 Å². The van der Waals surface area contributed by atoms with Crippen LogP contribution in [0.5, 0.6) is 0 Å². The summed E-state index contributed by atoms with van der Waals surface area (Å²) in [6, 6.07) is 0. The van der Waals surface area contributed by atoms with Gasteiger partial charge in [0.2, 0.25) is 0 Å². The SMILES string of the molecule is Cc1nsc2ncnc(NC(C)(C)CC(=O)O)c12. The zero-order valence-corrected chi connectivity index (χ0v) is 11.2. The van der Waals surface area contributed by atoms with Crippen LogP contribution in [0.15, 0.2) is 6.33 Å². The maximum Gasteiger partial charge on any atom is 0.305 e. The fourth-order valence-electron chi connectivity index (χ4n) is 1.76. The van der Waals surface area contributed by atoms with Gasteiger partial charge in [-0.2, -0.15) is 4.37 Å². The van der Waals surface area contributed by atoms with E-state index in [2.05, 4.69) is 19.7 Å². The molecular weight excluding hydrogens is 252 g/mol. The molecule has 6 nitrogen and oxygen atoms in total. The van der Waals surface area contributed by atoms with Gasteiger partial charge < -0.3 is 10.4 Å². The van der Waals surface area contributed by atoms with Gasteiger partial charge in [0.25, 0.3) is 0 Å². The summed E-state index contributed by atoms with van der Waals surface area (Å²) in [6.07, 6.45) is 1.47. The smallest absolute Gasteiger partial charge is 0.305 e. The molecule has 96 valence electrons. The molecule has 0 fully saturated rings. The Kier molecular flexibility index (Phi) is 3.16. The number of carboxylic acids is 1. The van der Waals surface area contributed by atoms with Crippen LogP contribution in [0.1, 0.15) is 26.0 Å². The van der Waals surface area contributed by atoms with Crippen molar-refractivity contribution in [2.75, 3.05) is 5.32 Å². The lowest BCUT2D eigenvalue weighted by atomic mass is 10.0. The number of fused-ring (bicyclic) bond motifs is 1. The number of nitrogens with zero attached hydrogens (tertiary/aromatic N) is 3. The average Bonchev–Trinajstić information content (AvgIpc) is 2.59. The zero-order chi connectivity index (χ0) is 13.3. The van der Waals surface area contributed by atoms with Crippen molar-refractivity contribution >= 4 is 33.5 Å². The summed E-state index contributed by atoms with van der Waals surface area (Å²) in [6.45, 7) is 5.53. The van der Waals surface area contributed by atoms with Gasteiger partial charge in [-0.1, -0.05) is 0 Å². The number of hydrogen-bond acceptors (Lipinski definition) is 6. The molecule has 2 N–H and O–H groups in total. The largest absolute Gasteiger partial charge is 0.481 e. The third-order valence-electron chi connectivity index (χ3n) is 2.49. The highest BCUT2D eigenvalue weighted by Gasteiger charge is 2.23. The molecule has 0 atom stereocenters. The van der Waals surface area contributed by atoms with Gasteiger partial charge in [0.1, 0.15) is 17.0 Å². The van der Waals surface area contributed by atoms with Gasteiger partial charge in [0.15, 0.2) is 0 Å². The summed E-state index contributed by atoms with van der Waals surface area (Å²) in [5.41, 5.74) is 0.269. The van der Waals surface area contributed by atoms with Crippen LogP contribution in [0.4, 0.5) is 5.82 Å². The van der Waals surface area contributed by atoms with Gasteiger partial charge in [-0.15, -0.1) is 0 Å². The van der Waals surface area contributed by atoms with Crippen molar-refractivity contribution in [2.24, 2.45) is 0 Å². The topological polar surface area (TPSA) is 88.0 Å². The Balaban J connectivity index is 2.37. The van der Waals surface area contributed by atoms with E-state index >= 15 is 0 Å². The highest BCUT2D eigenvalue weighted by Crippen LogP contribution is 2.28. The van der Waals surface area contributed by atoms with E-state index in [1.807, 2.05) is 20.8 Å². The van der Waals surface area contributed by atoms with Crippen LogP contribution >= 0.6 is 11.5 Å². The molecule has 2 rings (SSSR count). The van der Waals surface area contributed by atoms with E-state index in [4.69, 9.17) is 5.11 Å². The number of aryl methyl sites for hydroxylation is 1. The number of carbonyl (C=O) groups is 1. The van der Waals surface area contributed by atoms with Gasteiger partial charge >= 0.3 is 5.97 Å². The molecule has 0 unspecified atom stereocenters. The predicted molar refractivity (Wildman–Crippen MR) is 69.9 cm³/mol. The minimum atomic E-state index is -0.849. The van der Waals surface area contributed by atoms with Crippen molar-refractivity contribution < 1.29 is 9.90 Å². The average molecular weight is 266 g/mol. The molecule has 0 radical (unpaired) electrons. The predicted octanol–water partition coefficient (Wildman–Crippen LogP) is 2.06. The lowest BCUT2D eigenvalue weighted by molar-refractivity contribution is -0.137. The third kappa shape index (κ3) is 2.56. The fraction of sp³-hybridized carbons (Fsp3) is 0.455. The summed E-state index contributed by atoms with van der Waals surface area (Å²) < 4.78 is 4.23. The van der Waals surface area contributed by atoms with Crippen LogP contribution in [0, 0.1) is 6.92 Å². The van der Waals surface area contributed by atoms with Crippen LogP contribution < -0.4 is 5.32 Å². The molecule has 2 heterocycles. The molecule has 2 aromatic heterocycles. The quantitative estimate of drug-likeness (QED) is 0.880. The second-order valence-electron chi connectivity index (χ2n) is 4.75. The van der Waals surface area contributed by atoms with Crippen molar-refractivity contribution in [3.05, 3.63) is 12.0 Å². The first-order chi connectivity index (χ1) is 8.39. The van der Waals surface area contributed by atoms with E-state index in [0.717, 1.165) is 15.9 Å². The summed E-state index contributed by atoms with van der Waals surface area (Å²) >= 11 is 1.31. The molecule has 0 aliphatic carbocycles. The molecule has 0 aromatic carbocycles. The monoisotopic (exact) mass is 266 g/mol. The van der Waals surface area contributed by atoms with Gasteiger partial charge in [-0.25, -0.2) is 9.97 Å². The van der Waals surface area contributed by atoms with Gasteiger partial charge in [-0.3, -0.25) is 4.79 Å². The Hall–Kier alpha value is -1.76. The van der Waals surface area contributed by atoms with E-state index in [0.29, 0.717) is 5.82 Å². The first kappa shape index (κ1) is 12.7. The van der Waals surface area contributed by atoms with Crippen molar-refractivity contribution in [2.45, 2.75) is 32.7 Å². The molecule has 0 aliphatic heterocycles. The first-order valence-corrected chi connectivity index (χ1v) is 6.23. The number of anilines is 1. The Morgan fingerprint density at radius 2 is 2.22 bits per heavy atom. The summed E-state index contributed by atoms with van der Waals surface area (Å²) in [4.78, 5) is 19.9. The normalized spacial score (nSPS) is 11.7. The number of nitrogens with one attached hydrogen (secondary N) is 1. The molecule has 2 aromatic rings. The standard InChI is InChI=1S/C11H14N4O2S/c1-6-8-9(12-5-13-10(8)18-15-6)14-11(2,3)4-7(16)17/h5H,4H2,1-3H3,(H,16,17)(H,12,13,14). The Morgan fingerprint density at radius 1 is 1.50 bits per heavy atom. The number of carboxylic acid groups (broad SMARTS) is 1. The fourth-order valence-corrected chi connectivity index (χ4v) is 2.50. The van der Waals surface area contributed by atoms with E-state index < -0.39 is 11.5 Å². The third-order valence-corrected chi connectivity index (χ3v) is 3.34. The van der Waals surface area contributed by atoms with E-state index in [9.17, 15) is 4.79 Å². The first-order valence-electron chi connectivity index (χ1n) is 5.46. The molecule has 7 heteroatoms. The molecular formula is C11H14N4O2S. The van der Waals surface area contributed by atoms with Gasteiger partial charge in [-0.05, 0) is 32.3 Å². The van der Waals surface area contributed by atoms with E-state index in [-0.39, 0.29) is 6.42 Å². The number of aliphatic carboxylic acids is 1. The summed E-state index contributed by atoms with van der Waals surface area (Å²) in [5, 5.41) is 12.9. The van der Waals surface area contributed by atoms with Crippen LogP contribution in [-0.2, 0) is 4.79 Å². The minimum Gasteiger partial charge on any atom is -0.481 e. The van der Waals surface area contributed by atoms with Crippen molar-refractivity contribution in [3.8, 4) is 0 Å². The van der Waals surface area contributed by atoms with Gasteiger partial charge in [0.05, 0.1) is 17.5 Å². The maximum absolute atomic E-state index is 10.8. The lowest BCUT2D eigenvalue weighted by Crippen LogP contribution is -2.34. The van der Waals surface area contributed by atoms with Crippen LogP contribution in [0.3, 0.4) is 0 Å². The van der Waals surface area contributed by atoms with Crippen molar-refractivity contribution in [1.82, 2.24) is 14.3 Å². The maximum atomic E-state index is 10.8. The molecule has 0 aliphatic rings. The van der Waals surface area contributed by atoms with Crippen molar-refractivity contribution in [1.29, 1.82) is 0 Å². The minimum absolute atomic E-state index is 0.00904. The van der Waals surface area contributed by atoms with Crippen LogP contribution in [0.25, 0.3) is 10.2 Å². The molecule has 0 saturated carbocycles. The highest BCUT2D eigenvalue weighted by atomic mass is 32.1. The molecule has 18 heavy (non-hydrogen) atoms. The second kappa shape index (κ2) is 4.49. The summed E-state index contributed by atoms with van der Waals surface area (Å²) in [5.74, 6) is -0.213. The number of rotatable bonds is 4. The molecule has 0 saturated heterocycles. The van der Waals surface area contributed by atoms with E-state index in [1.54, 1.807) is 0 Å². The number of aromatic nitrogens is 3. The Morgan fingerprint density at radius 3 is 2.89 bits per heavy atom. The number of hydrogen-bond donors (Lipinski definition) is 2. The lowest BCUT2D eigenvalue weighted by Gasteiger charge is -2.25. The highest BCUT2D eigenvalue weighted by molar-refractivity contribution is 7.13. The summed E-state index contributed by atoms with van der Waals surface area (Å²) in [7, 11) is 0. The van der Waals surface area contributed by atoms with Crippen LogP contribution in [0.2, 0.25) is 0 Å². The van der Waals surface area contributed by atoms with Crippen molar-refractivity contribution in [3.63, 3.8) is 0 Å².